The molecule has 0 aromatic carbocycles. The van der Waals surface area contributed by atoms with Crippen LogP contribution in [0.3, 0.4) is 0 Å². The van der Waals surface area contributed by atoms with E-state index in [1.165, 1.54) is 0 Å². The highest BCUT2D eigenvalue weighted by molar-refractivity contribution is 4.50. The molecule has 0 saturated carbocycles. The van der Waals surface area contributed by atoms with Crippen LogP contribution in [-0.4, -0.2) is 26.4 Å². The molecule has 10 heavy (non-hydrogen) atoms. The van der Waals surface area contributed by atoms with Gasteiger partial charge in [-0.1, -0.05) is 13.8 Å². The van der Waals surface area contributed by atoms with Gasteiger partial charge in [0, 0.05) is 13.7 Å². The Morgan fingerprint density at radius 3 is 2.40 bits per heavy atom. The van der Waals surface area contributed by atoms with Crippen LogP contribution in [0.2, 0.25) is 0 Å². The van der Waals surface area contributed by atoms with E-state index in [-0.39, 0.29) is 6.10 Å². The molecule has 0 rings (SSSR count). The molecule has 0 radical (unpaired) electrons. The quantitative estimate of drug-likeness (QED) is 0.532. The van der Waals surface area contributed by atoms with Crippen LogP contribution in [0.5, 0.6) is 0 Å². The van der Waals surface area contributed by atoms with Crippen LogP contribution in [0.15, 0.2) is 0 Å². The topological polar surface area (TPSA) is 18.5 Å². The normalized spacial score (nSPS) is 13.5. The van der Waals surface area contributed by atoms with Gasteiger partial charge in [0.25, 0.3) is 0 Å². The third kappa shape index (κ3) is 4.77. The van der Waals surface area contributed by atoms with Crippen molar-refractivity contribution < 1.29 is 9.47 Å². The smallest absolute Gasteiger partial charge is 0.0802 e. The number of hydrogen-bond acceptors (Lipinski definition) is 2. The lowest BCUT2D eigenvalue weighted by Gasteiger charge is -2.12. The lowest BCUT2D eigenvalue weighted by atomic mass is 10.3. The van der Waals surface area contributed by atoms with E-state index in [0.717, 1.165) is 26.1 Å². The Labute approximate surface area is 63.5 Å². The first-order valence-corrected chi connectivity index (χ1v) is 3.95. The molecule has 0 fully saturated rings. The Balaban J connectivity index is 3.09. The average molecular weight is 146 g/mol. The molecule has 0 aromatic heterocycles. The van der Waals surface area contributed by atoms with Crippen LogP contribution in [0.4, 0.5) is 0 Å². The van der Waals surface area contributed by atoms with Crippen molar-refractivity contribution in [2.45, 2.75) is 32.8 Å². The van der Waals surface area contributed by atoms with Gasteiger partial charge < -0.3 is 9.47 Å². The first-order chi connectivity index (χ1) is 4.85. The van der Waals surface area contributed by atoms with Crippen molar-refractivity contribution in [2.24, 2.45) is 0 Å². The Morgan fingerprint density at radius 1 is 1.30 bits per heavy atom. The summed E-state index contributed by atoms with van der Waals surface area (Å²) >= 11 is 0. The molecule has 0 spiro atoms. The Hall–Kier alpha value is -0.0800. The van der Waals surface area contributed by atoms with Gasteiger partial charge in [-0.2, -0.15) is 0 Å². The van der Waals surface area contributed by atoms with Crippen LogP contribution in [0.1, 0.15) is 26.7 Å². The minimum Gasteiger partial charge on any atom is -0.379 e. The van der Waals surface area contributed by atoms with E-state index >= 15 is 0 Å². The molecule has 0 aliphatic carbocycles. The van der Waals surface area contributed by atoms with Gasteiger partial charge in [-0.05, 0) is 12.8 Å². The molecule has 0 bridgehead atoms. The van der Waals surface area contributed by atoms with E-state index in [1.54, 1.807) is 7.11 Å². The number of methoxy groups -OCH3 is 1. The van der Waals surface area contributed by atoms with Crippen LogP contribution < -0.4 is 0 Å². The first kappa shape index (κ1) is 9.92. The largest absolute Gasteiger partial charge is 0.379 e. The molecule has 1 unspecified atom stereocenters. The summed E-state index contributed by atoms with van der Waals surface area (Å²) in [5, 5.41) is 0. The van der Waals surface area contributed by atoms with Crippen molar-refractivity contribution in [3.05, 3.63) is 0 Å². The van der Waals surface area contributed by atoms with Crippen molar-refractivity contribution in [3.8, 4) is 0 Å². The number of rotatable bonds is 6. The maximum atomic E-state index is 5.30. The van der Waals surface area contributed by atoms with Gasteiger partial charge in [-0.15, -0.1) is 0 Å². The van der Waals surface area contributed by atoms with Gasteiger partial charge in [-0.25, -0.2) is 0 Å². The van der Waals surface area contributed by atoms with Crippen LogP contribution in [0.25, 0.3) is 0 Å². The molecular formula is C8H18O2. The molecular weight excluding hydrogens is 128 g/mol. The van der Waals surface area contributed by atoms with Crippen LogP contribution in [0, 0.1) is 0 Å². The fourth-order valence-electron chi connectivity index (χ4n) is 0.712. The summed E-state index contributed by atoms with van der Waals surface area (Å²) in [6.45, 7) is 5.79. The maximum Gasteiger partial charge on any atom is 0.0802 e. The van der Waals surface area contributed by atoms with Crippen molar-refractivity contribution >= 4 is 0 Å². The van der Waals surface area contributed by atoms with Gasteiger partial charge in [0.15, 0.2) is 0 Å². The summed E-state index contributed by atoms with van der Waals surface area (Å²) in [4.78, 5) is 0. The number of hydrogen-bond donors (Lipinski definition) is 0. The van der Waals surface area contributed by atoms with Crippen molar-refractivity contribution in [3.63, 3.8) is 0 Å². The summed E-state index contributed by atoms with van der Waals surface area (Å²) < 4.78 is 10.4. The second kappa shape index (κ2) is 7.03. The highest BCUT2D eigenvalue weighted by atomic mass is 16.5. The zero-order chi connectivity index (χ0) is 7.82. The average Bonchev–Trinajstić information content (AvgIpc) is 1.99. The molecule has 0 amide bonds. The third-order valence-corrected chi connectivity index (χ3v) is 1.44. The summed E-state index contributed by atoms with van der Waals surface area (Å²) in [5.74, 6) is 0. The second-order valence-corrected chi connectivity index (χ2v) is 2.34. The Bertz CT molecular complexity index is 60.3. The lowest BCUT2D eigenvalue weighted by Crippen LogP contribution is -2.17. The molecule has 1 atom stereocenters. The second-order valence-electron chi connectivity index (χ2n) is 2.34. The SMILES string of the molecule is CCCOCC(CC)OC. The van der Waals surface area contributed by atoms with Crippen molar-refractivity contribution in [2.75, 3.05) is 20.3 Å². The standard InChI is InChI=1S/C8H18O2/c1-4-6-10-7-8(5-2)9-3/h8H,4-7H2,1-3H3. The summed E-state index contributed by atoms with van der Waals surface area (Å²) in [6, 6.07) is 0. The zero-order valence-corrected chi connectivity index (χ0v) is 7.22. The summed E-state index contributed by atoms with van der Waals surface area (Å²) in [5.41, 5.74) is 0. The zero-order valence-electron chi connectivity index (χ0n) is 7.22. The predicted molar refractivity (Wildman–Crippen MR) is 42.2 cm³/mol. The van der Waals surface area contributed by atoms with Crippen LogP contribution in [-0.2, 0) is 9.47 Å². The van der Waals surface area contributed by atoms with E-state index in [2.05, 4.69) is 13.8 Å². The van der Waals surface area contributed by atoms with E-state index in [9.17, 15) is 0 Å². The molecule has 2 heteroatoms. The van der Waals surface area contributed by atoms with Gasteiger partial charge in [0.05, 0.1) is 12.7 Å². The maximum absolute atomic E-state index is 5.30. The fraction of sp³-hybridized carbons (Fsp3) is 1.00. The van der Waals surface area contributed by atoms with Gasteiger partial charge >= 0.3 is 0 Å². The predicted octanol–water partition coefficient (Wildman–Crippen LogP) is 1.84. The monoisotopic (exact) mass is 146 g/mol. The summed E-state index contributed by atoms with van der Waals surface area (Å²) in [7, 11) is 1.73. The Kier molecular flexibility index (Phi) is 6.98. The van der Waals surface area contributed by atoms with E-state index in [4.69, 9.17) is 9.47 Å². The fourth-order valence-corrected chi connectivity index (χ4v) is 0.712. The molecule has 0 heterocycles. The van der Waals surface area contributed by atoms with E-state index < -0.39 is 0 Å². The third-order valence-electron chi connectivity index (χ3n) is 1.44. The van der Waals surface area contributed by atoms with Crippen molar-refractivity contribution in [1.29, 1.82) is 0 Å². The molecule has 0 aliphatic rings. The highest BCUT2D eigenvalue weighted by Gasteiger charge is 2.01. The highest BCUT2D eigenvalue weighted by Crippen LogP contribution is 1.96. The molecule has 0 N–H and O–H groups in total. The van der Waals surface area contributed by atoms with Crippen LogP contribution >= 0.6 is 0 Å². The number of ether oxygens (including phenoxy) is 2. The molecule has 62 valence electrons. The Morgan fingerprint density at radius 2 is 2.00 bits per heavy atom. The first-order valence-electron chi connectivity index (χ1n) is 3.95. The molecule has 2 nitrogen and oxygen atoms in total. The minimum absolute atomic E-state index is 0.284. The minimum atomic E-state index is 0.284. The van der Waals surface area contributed by atoms with Gasteiger partial charge in [0.1, 0.15) is 0 Å². The van der Waals surface area contributed by atoms with Gasteiger partial charge in [-0.3, -0.25) is 0 Å². The molecule has 0 aromatic rings. The molecule has 0 saturated heterocycles. The van der Waals surface area contributed by atoms with Gasteiger partial charge in [0.2, 0.25) is 0 Å². The van der Waals surface area contributed by atoms with E-state index in [1.807, 2.05) is 0 Å². The molecule has 0 aliphatic heterocycles. The van der Waals surface area contributed by atoms with Crippen molar-refractivity contribution in [1.82, 2.24) is 0 Å². The lowest BCUT2D eigenvalue weighted by molar-refractivity contribution is 0.00714. The van der Waals surface area contributed by atoms with E-state index in [0.29, 0.717) is 0 Å². The summed E-state index contributed by atoms with van der Waals surface area (Å²) in [6.07, 6.45) is 2.40.